The molecule has 3 amide bonds. The minimum atomic E-state index is -0.404. The third kappa shape index (κ3) is 6.33. The number of thiazole rings is 1. The van der Waals surface area contributed by atoms with Crippen LogP contribution in [0.25, 0.3) is 0 Å². The number of rotatable bonds is 7. The smallest absolute Gasteiger partial charge is 0.325 e. The molecule has 7 nitrogen and oxygen atoms in total. The second kappa shape index (κ2) is 9.82. The molecule has 144 valence electrons. The molecule has 0 aliphatic heterocycles. The number of carbonyl (C=O) groups is 2. The van der Waals surface area contributed by atoms with Crippen molar-refractivity contribution in [1.29, 1.82) is 0 Å². The van der Waals surface area contributed by atoms with Crippen LogP contribution in [0.2, 0.25) is 5.02 Å². The maximum Gasteiger partial charge on any atom is 0.325 e. The molecular weight excluding hydrogens is 398 g/mol. The summed E-state index contributed by atoms with van der Waals surface area (Å²) in [6.45, 7) is 0.467. The van der Waals surface area contributed by atoms with Crippen molar-refractivity contribution < 1.29 is 9.59 Å². The molecule has 0 spiro atoms. The van der Waals surface area contributed by atoms with Gasteiger partial charge in [-0.25, -0.2) is 9.78 Å². The molecule has 0 radical (unpaired) electrons. The van der Waals surface area contributed by atoms with Gasteiger partial charge in [0.1, 0.15) is 0 Å². The van der Waals surface area contributed by atoms with Gasteiger partial charge in [0, 0.05) is 41.4 Å². The Morgan fingerprint density at radius 1 is 1.11 bits per heavy atom. The molecule has 0 aliphatic rings. The SMILES string of the molecule is O=C(CCc1csc(NC(=O)Nc2cccc(Cl)c2)n1)NCc1ccncc1. The lowest BCUT2D eigenvalue weighted by atomic mass is 10.2. The van der Waals surface area contributed by atoms with Crippen LogP contribution in [-0.2, 0) is 17.8 Å². The van der Waals surface area contributed by atoms with Crippen LogP contribution in [0.3, 0.4) is 0 Å². The van der Waals surface area contributed by atoms with Gasteiger partial charge in [0.2, 0.25) is 5.91 Å². The first-order valence-corrected chi connectivity index (χ1v) is 9.78. The highest BCUT2D eigenvalue weighted by Gasteiger charge is 2.09. The maximum absolute atomic E-state index is 12.0. The first-order valence-electron chi connectivity index (χ1n) is 8.52. The number of amides is 3. The summed E-state index contributed by atoms with van der Waals surface area (Å²) in [6, 6.07) is 10.2. The molecule has 0 saturated carbocycles. The Labute approximate surface area is 171 Å². The van der Waals surface area contributed by atoms with Crippen LogP contribution >= 0.6 is 22.9 Å². The van der Waals surface area contributed by atoms with Gasteiger partial charge in [-0.1, -0.05) is 17.7 Å². The van der Waals surface area contributed by atoms with Gasteiger partial charge < -0.3 is 10.6 Å². The van der Waals surface area contributed by atoms with Crippen molar-refractivity contribution in [1.82, 2.24) is 15.3 Å². The monoisotopic (exact) mass is 415 g/mol. The maximum atomic E-state index is 12.0. The summed E-state index contributed by atoms with van der Waals surface area (Å²) >= 11 is 7.20. The fourth-order valence-corrected chi connectivity index (χ4v) is 3.27. The molecule has 0 bridgehead atoms. The Kier molecular flexibility index (Phi) is 6.94. The third-order valence-corrected chi connectivity index (χ3v) is 4.74. The van der Waals surface area contributed by atoms with Gasteiger partial charge in [0.25, 0.3) is 0 Å². The zero-order valence-corrected chi connectivity index (χ0v) is 16.4. The fraction of sp³-hybridized carbons (Fsp3) is 0.158. The molecule has 0 saturated heterocycles. The number of aromatic nitrogens is 2. The second-order valence-electron chi connectivity index (χ2n) is 5.87. The summed E-state index contributed by atoms with van der Waals surface area (Å²) in [7, 11) is 0. The Morgan fingerprint density at radius 2 is 1.93 bits per heavy atom. The molecule has 2 heterocycles. The highest BCUT2D eigenvalue weighted by Crippen LogP contribution is 2.18. The number of aryl methyl sites for hydroxylation is 1. The molecule has 28 heavy (non-hydrogen) atoms. The predicted molar refractivity (Wildman–Crippen MR) is 111 cm³/mol. The summed E-state index contributed by atoms with van der Waals surface area (Å²) in [5.74, 6) is -0.0574. The normalized spacial score (nSPS) is 10.3. The first kappa shape index (κ1) is 19.8. The van der Waals surface area contributed by atoms with Gasteiger partial charge in [0.15, 0.2) is 5.13 Å². The first-order chi connectivity index (χ1) is 13.6. The minimum absolute atomic E-state index is 0.0574. The van der Waals surface area contributed by atoms with Crippen molar-refractivity contribution in [3.8, 4) is 0 Å². The van der Waals surface area contributed by atoms with Crippen molar-refractivity contribution in [2.24, 2.45) is 0 Å². The van der Waals surface area contributed by atoms with E-state index < -0.39 is 6.03 Å². The van der Waals surface area contributed by atoms with Crippen LogP contribution in [0.1, 0.15) is 17.7 Å². The molecule has 3 aromatic rings. The van der Waals surface area contributed by atoms with E-state index in [-0.39, 0.29) is 5.91 Å². The van der Waals surface area contributed by atoms with Crippen LogP contribution in [0, 0.1) is 0 Å². The number of hydrogen-bond acceptors (Lipinski definition) is 5. The summed E-state index contributed by atoms with van der Waals surface area (Å²) in [5, 5.41) is 11.0. The van der Waals surface area contributed by atoms with Crippen molar-refractivity contribution >= 4 is 45.7 Å². The van der Waals surface area contributed by atoms with Gasteiger partial charge in [-0.2, -0.15) is 0 Å². The average molecular weight is 416 g/mol. The van der Waals surface area contributed by atoms with E-state index in [9.17, 15) is 9.59 Å². The van der Waals surface area contributed by atoms with Crippen LogP contribution in [-0.4, -0.2) is 21.9 Å². The van der Waals surface area contributed by atoms with Gasteiger partial charge in [-0.3, -0.25) is 15.1 Å². The van der Waals surface area contributed by atoms with E-state index in [1.165, 1.54) is 11.3 Å². The zero-order chi connectivity index (χ0) is 19.8. The number of benzene rings is 1. The minimum Gasteiger partial charge on any atom is -0.352 e. The molecule has 3 rings (SSSR count). The molecule has 0 aliphatic carbocycles. The highest BCUT2D eigenvalue weighted by molar-refractivity contribution is 7.13. The molecular formula is C19H18ClN5O2S. The van der Waals surface area contributed by atoms with E-state index in [1.807, 2.05) is 17.5 Å². The van der Waals surface area contributed by atoms with E-state index >= 15 is 0 Å². The van der Waals surface area contributed by atoms with Crippen molar-refractivity contribution in [2.45, 2.75) is 19.4 Å². The molecule has 0 fully saturated rings. The topological polar surface area (TPSA) is 96.0 Å². The summed E-state index contributed by atoms with van der Waals surface area (Å²) in [6.07, 6.45) is 4.20. The number of nitrogens with one attached hydrogen (secondary N) is 3. The third-order valence-electron chi connectivity index (χ3n) is 3.70. The lowest BCUT2D eigenvalue weighted by Crippen LogP contribution is -2.23. The van der Waals surface area contributed by atoms with Crippen molar-refractivity contribution in [3.63, 3.8) is 0 Å². The average Bonchev–Trinajstić information content (AvgIpc) is 3.12. The number of hydrogen-bond donors (Lipinski definition) is 3. The molecule has 0 atom stereocenters. The molecule has 3 N–H and O–H groups in total. The van der Waals surface area contributed by atoms with Crippen LogP contribution < -0.4 is 16.0 Å². The zero-order valence-electron chi connectivity index (χ0n) is 14.8. The fourth-order valence-electron chi connectivity index (χ4n) is 2.34. The predicted octanol–water partition coefficient (Wildman–Crippen LogP) is 4.08. The molecule has 0 unspecified atom stereocenters. The van der Waals surface area contributed by atoms with E-state index in [2.05, 4.69) is 25.9 Å². The highest BCUT2D eigenvalue weighted by atomic mass is 35.5. The van der Waals surface area contributed by atoms with Gasteiger partial charge in [0.05, 0.1) is 5.69 Å². The van der Waals surface area contributed by atoms with Crippen molar-refractivity contribution in [2.75, 3.05) is 10.6 Å². The Morgan fingerprint density at radius 3 is 2.71 bits per heavy atom. The van der Waals surface area contributed by atoms with Crippen molar-refractivity contribution in [3.05, 3.63) is 70.5 Å². The molecule has 2 aromatic heterocycles. The van der Waals surface area contributed by atoms with E-state index in [0.29, 0.717) is 35.2 Å². The summed E-state index contributed by atoms with van der Waals surface area (Å²) in [4.78, 5) is 32.3. The van der Waals surface area contributed by atoms with Gasteiger partial charge in [-0.05, 0) is 42.3 Å². The second-order valence-corrected chi connectivity index (χ2v) is 7.16. The van der Waals surface area contributed by atoms with Crippen LogP contribution in [0.5, 0.6) is 0 Å². The number of carbonyl (C=O) groups excluding carboxylic acids is 2. The van der Waals surface area contributed by atoms with E-state index in [0.717, 1.165) is 11.3 Å². The Balaban J connectivity index is 1.42. The Hall–Kier alpha value is -2.97. The lowest BCUT2D eigenvalue weighted by molar-refractivity contribution is -0.121. The summed E-state index contributed by atoms with van der Waals surface area (Å²) < 4.78 is 0. The quantitative estimate of drug-likeness (QED) is 0.541. The molecule has 1 aromatic carbocycles. The van der Waals surface area contributed by atoms with E-state index in [1.54, 1.807) is 36.7 Å². The number of halogens is 1. The standard InChI is InChI=1S/C19H18ClN5O2S/c20-14-2-1-3-15(10-14)23-18(27)25-19-24-16(12-28-19)4-5-17(26)22-11-13-6-8-21-9-7-13/h1-3,6-10,12H,4-5,11H2,(H,22,26)(H2,23,24,25,27). The number of anilines is 2. The lowest BCUT2D eigenvalue weighted by Gasteiger charge is -2.05. The number of pyridine rings is 1. The Bertz CT molecular complexity index is 948. The van der Waals surface area contributed by atoms with Gasteiger partial charge >= 0.3 is 6.03 Å². The van der Waals surface area contributed by atoms with Crippen LogP contribution in [0.4, 0.5) is 15.6 Å². The summed E-state index contributed by atoms with van der Waals surface area (Å²) in [5.41, 5.74) is 2.34. The number of nitrogens with zero attached hydrogens (tertiary/aromatic N) is 2. The van der Waals surface area contributed by atoms with E-state index in [4.69, 9.17) is 11.6 Å². The van der Waals surface area contributed by atoms with Crippen LogP contribution in [0.15, 0.2) is 54.2 Å². The number of urea groups is 1. The van der Waals surface area contributed by atoms with Gasteiger partial charge in [-0.15, -0.1) is 11.3 Å². The largest absolute Gasteiger partial charge is 0.352 e. The molecule has 9 heteroatoms.